The summed E-state index contributed by atoms with van der Waals surface area (Å²) in [4.78, 5) is 15.1. The molecular weight excluding hydrogens is 482 g/mol. The number of hydrogen-bond acceptors (Lipinski definition) is 7. The summed E-state index contributed by atoms with van der Waals surface area (Å²) in [6.45, 7) is 2.04. The van der Waals surface area contributed by atoms with Gasteiger partial charge in [-0.3, -0.25) is 4.79 Å². The van der Waals surface area contributed by atoms with Gasteiger partial charge in [0.1, 0.15) is 27.5 Å². The zero-order valence-corrected chi connectivity index (χ0v) is 20.8. The number of methoxy groups -OCH3 is 2. The van der Waals surface area contributed by atoms with Gasteiger partial charge < -0.3 is 19.2 Å². The van der Waals surface area contributed by atoms with Crippen molar-refractivity contribution in [2.75, 3.05) is 19.5 Å². The molecule has 0 atom stereocenters. The number of nitrogens with zero attached hydrogens (tertiary/aromatic N) is 1. The van der Waals surface area contributed by atoms with E-state index in [1.807, 2.05) is 19.1 Å². The molecule has 0 bridgehead atoms. The maximum atomic E-state index is 13.2. The number of sulfonamides is 1. The molecule has 0 spiro atoms. The molecule has 0 fully saturated rings. The third-order valence-corrected chi connectivity index (χ3v) is 6.68. The highest BCUT2D eigenvalue weighted by Gasteiger charge is 2.21. The lowest BCUT2D eigenvalue weighted by atomic mass is 10.1. The first kappa shape index (κ1) is 24.8. The van der Waals surface area contributed by atoms with E-state index in [-0.39, 0.29) is 21.8 Å². The summed E-state index contributed by atoms with van der Waals surface area (Å²) in [7, 11) is -1.43. The molecule has 0 saturated heterocycles. The molecule has 0 aliphatic heterocycles. The number of ether oxygens (including phenoxy) is 2. The summed E-state index contributed by atoms with van der Waals surface area (Å²) in [5.74, 6) is -0.0890. The minimum Gasteiger partial charge on any atom is -0.497 e. The number of rotatable bonds is 8. The van der Waals surface area contributed by atoms with Crippen molar-refractivity contribution in [3.05, 3.63) is 89.5 Å². The van der Waals surface area contributed by atoms with Gasteiger partial charge in [-0.15, -0.1) is 5.10 Å². The fourth-order valence-corrected chi connectivity index (χ4v) is 4.47. The molecule has 0 saturated carbocycles. The number of nitrogens with one attached hydrogen (secondary N) is 2. The van der Waals surface area contributed by atoms with E-state index in [0.717, 1.165) is 12.0 Å². The van der Waals surface area contributed by atoms with Crippen LogP contribution in [0.15, 0.2) is 87.2 Å². The number of benzene rings is 3. The molecular formula is C26H25N3O6S. The second-order valence-electron chi connectivity index (χ2n) is 7.73. The van der Waals surface area contributed by atoms with E-state index in [1.54, 1.807) is 48.5 Å². The molecule has 2 N–H and O–H groups in total. The van der Waals surface area contributed by atoms with E-state index in [9.17, 15) is 13.2 Å². The Morgan fingerprint density at radius 2 is 1.72 bits per heavy atom. The van der Waals surface area contributed by atoms with Crippen molar-refractivity contribution in [2.45, 2.75) is 18.2 Å². The summed E-state index contributed by atoms with van der Waals surface area (Å²) >= 11 is 0. The third-order valence-electron chi connectivity index (χ3n) is 5.45. The van der Waals surface area contributed by atoms with Gasteiger partial charge in [-0.25, -0.2) is 0 Å². The van der Waals surface area contributed by atoms with Gasteiger partial charge in [-0.1, -0.05) is 37.3 Å². The summed E-state index contributed by atoms with van der Waals surface area (Å²) in [5, 5.41) is 7.42. The maximum Gasteiger partial charge on any atom is 0.280 e. The van der Waals surface area contributed by atoms with Crippen LogP contribution in [0.3, 0.4) is 0 Å². The van der Waals surface area contributed by atoms with Crippen LogP contribution >= 0.6 is 0 Å². The number of hydrogen-bond donors (Lipinski definition) is 2. The fourth-order valence-electron chi connectivity index (χ4n) is 3.48. The molecule has 3 aromatic carbocycles. The number of amides is 1. The lowest BCUT2D eigenvalue weighted by Crippen LogP contribution is -2.27. The smallest absolute Gasteiger partial charge is 0.280 e. The molecule has 0 radical (unpaired) electrons. The van der Waals surface area contributed by atoms with E-state index in [2.05, 4.69) is 15.2 Å². The van der Waals surface area contributed by atoms with Crippen molar-refractivity contribution >= 4 is 32.6 Å². The molecule has 0 aliphatic carbocycles. The topological polar surface area (TPSA) is 119 Å². The van der Waals surface area contributed by atoms with Crippen molar-refractivity contribution in [3.63, 3.8) is 0 Å². The Hall–Kier alpha value is -4.31. The quantitative estimate of drug-likeness (QED) is 0.347. The summed E-state index contributed by atoms with van der Waals surface area (Å²) in [6, 6.07) is 20.4. The minimum absolute atomic E-state index is 0.0496. The molecule has 0 aliphatic rings. The predicted octanol–water partition coefficient (Wildman–Crippen LogP) is 4.06. The highest BCUT2D eigenvalue weighted by Crippen LogP contribution is 2.28. The Morgan fingerprint density at radius 3 is 2.42 bits per heavy atom. The van der Waals surface area contributed by atoms with Gasteiger partial charge in [0.25, 0.3) is 15.9 Å². The Balaban J connectivity index is 1.75. The first-order valence-electron chi connectivity index (χ1n) is 11.1. The van der Waals surface area contributed by atoms with Crippen LogP contribution in [0.4, 0.5) is 5.69 Å². The second kappa shape index (κ2) is 10.5. The summed E-state index contributed by atoms with van der Waals surface area (Å²) in [5.41, 5.74) is 1.98. The summed E-state index contributed by atoms with van der Waals surface area (Å²) in [6.07, 6.45) is 0.874. The predicted molar refractivity (Wildman–Crippen MR) is 135 cm³/mol. The van der Waals surface area contributed by atoms with E-state index in [0.29, 0.717) is 22.4 Å². The van der Waals surface area contributed by atoms with Crippen LogP contribution < -0.4 is 25.2 Å². The Morgan fingerprint density at radius 1 is 0.972 bits per heavy atom. The first-order valence-corrected chi connectivity index (χ1v) is 12.5. The highest BCUT2D eigenvalue weighted by molar-refractivity contribution is 7.89. The molecule has 4 aromatic rings. The lowest BCUT2D eigenvalue weighted by molar-refractivity contribution is 0.102. The fraction of sp³-hybridized carbons (Fsp3) is 0.154. The first-order chi connectivity index (χ1) is 17.3. The number of carbonyl (C=O) groups is 1. The van der Waals surface area contributed by atoms with Crippen LogP contribution in [-0.2, 0) is 16.4 Å². The van der Waals surface area contributed by atoms with Crippen molar-refractivity contribution in [1.82, 2.24) is 4.83 Å². The summed E-state index contributed by atoms with van der Waals surface area (Å²) < 4.78 is 42.3. The Labute approximate surface area is 208 Å². The van der Waals surface area contributed by atoms with Gasteiger partial charge in [-0.2, -0.15) is 13.2 Å². The number of aryl methyl sites for hydroxylation is 1. The molecule has 1 amide bonds. The Kier molecular flexibility index (Phi) is 7.25. The molecule has 10 heteroatoms. The SMILES string of the molecule is CCc1ccc(NC(=O)c2cc3ccccc3oc2=NNS(=O)(=O)c2cc(OC)ccc2OC)cc1. The van der Waals surface area contributed by atoms with Gasteiger partial charge in [0.05, 0.1) is 14.2 Å². The van der Waals surface area contributed by atoms with Crippen molar-refractivity contribution < 1.29 is 27.1 Å². The molecule has 186 valence electrons. The average molecular weight is 508 g/mol. The van der Waals surface area contributed by atoms with Crippen LogP contribution in [-0.4, -0.2) is 28.5 Å². The van der Waals surface area contributed by atoms with E-state index in [1.165, 1.54) is 26.4 Å². The standard InChI is InChI=1S/C26H25N3O6S/c1-4-17-9-11-19(12-10-17)27-25(30)21-15-18-7-5-6-8-22(18)35-26(21)28-29-36(31,32)24-16-20(33-2)13-14-23(24)34-3/h5-16,29H,4H2,1-3H3,(H,27,30). The number of carbonyl (C=O) groups excluding carboxylic acids is 1. The zero-order valence-electron chi connectivity index (χ0n) is 19.9. The van der Waals surface area contributed by atoms with E-state index >= 15 is 0 Å². The largest absolute Gasteiger partial charge is 0.497 e. The number of fused-ring (bicyclic) bond motifs is 1. The third kappa shape index (κ3) is 5.33. The molecule has 1 aromatic heterocycles. The number of anilines is 1. The monoisotopic (exact) mass is 507 g/mol. The average Bonchev–Trinajstić information content (AvgIpc) is 2.91. The normalized spacial score (nSPS) is 11.8. The van der Waals surface area contributed by atoms with Gasteiger partial charge in [0, 0.05) is 17.1 Å². The number of para-hydroxylation sites is 1. The van der Waals surface area contributed by atoms with E-state index in [4.69, 9.17) is 13.9 Å². The minimum atomic E-state index is -4.21. The van der Waals surface area contributed by atoms with E-state index < -0.39 is 15.9 Å². The van der Waals surface area contributed by atoms with Gasteiger partial charge in [0.2, 0.25) is 5.55 Å². The lowest BCUT2D eigenvalue weighted by Gasteiger charge is -2.11. The molecule has 9 nitrogen and oxygen atoms in total. The van der Waals surface area contributed by atoms with Crippen LogP contribution in [0.2, 0.25) is 0 Å². The van der Waals surface area contributed by atoms with Crippen molar-refractivity contribution in [2.24, 2.45) is 5.10 Å². The zero-order chi connectivity index (χ0) is 25.7. The van der Waals surface area contributed by atoms with Crippen LogP contribution in [0, 0.1) is 0 Å². The van der Waals surface area contributed by atoms with Crippen LogP contribution in [0.5, 0.6) is 11.5 Å². The van der Waals surface area contributed by atoms with Crippen molar-refractivity contribution in [1.29, 1.82) is 0 Å². The Bertz CT molecular complexity index is 1580. The second-order valence-corrected chi connectivity index (χ2v) is 9.36. The van der Waals surface area contributed by atoms with Crippen LogP contribution in [0.25, 0.3) is 11.0 Å². The van der Waals surface area contributed by atoms with Gasteiger partial charge >= 0.3 is 0 Å². The maximum absolute atomic E-state index is 13.2. The molecule has 4 rings (SSSR count). The van der Waals surface area contributed by atoms with Gasteiger partial charge in [-0.05, 0) is 48.4 Å². The highest BCUT2D eigenvalue weighted by atomic mass is 32.2. The van der Waals surface area contributed by atoms with Crippen LogP contribution in [0.1, 0.15) is 22.8 Å². The molecule has 1 heterocycles. The van der Waals surface area contributed by atoms with Crippen molar-refractivity contribution in [3.8, 4) is 11.5 Å². The van der Waals surface area contributed by atoms with Gasteiger partial charge in [0.15, 0.2) is 0 Å². The molecule has 36 heavy (non-hydrogen) atoms. The molecule has 0 unspecified atom stereocenters.